The molecule has 0 N–H and O–H groups in total. The van der Waals surface area contributed by atoms with Crippen LogP contribution in [0.1, 0.15) is 18.3 Å². The number of halogens is 1. The highest BCUT2D eigenvalue weighted by atomic mass is 32.2. The summed E-state index contributed by atoms with van der Waals surface area (Å²) in [4.78, 5) is 0.0901. The normalized spacial score (nSPS) is 11.6. The second kappa shape index (κ2) is 8.35. The monoisotopic (exact) mass is 440 g/mol. The number of anilines is 1. The van der Waals surface area contributed by atoms with Gasteiger partial charge in [-0.1, -0.05) is 19.1 Å². The van der Waals surface area contributed by atoms with Crippen LogP contribution in [0.2, 0.25) is 0 Å². The van der Waals surface area contributed by atoms with Gasteiger partial charge in [-0.3, -0.25) is 8.71 Å². The highest BCUT2D eigenvalue weighted by Gasteiger charge is 2.26. The number of hydrogen-bond donors (Lipinski definition) is 0. The molecule has 160 valence electrons. The summed E-state index contributed by atoms with van der Waals surface area (Å²) in [5.74, 6) is 0.893. The molecule has 0 radical (unpaired) electrons. The summed E-state index contributed by atoms with van der Waals surface area (Å²) in [6.07, 6.45) is 2.13. The van der Waals surface area contributed by atoms with E-state index in [1.807, 2.05) is 6.92 Å². The van der Waals surface area contributed by atoms with E-state index >= 15 is 0 Å². The Morgan fingerprint density at radius 2 is 1.71 bits per heavy atom. The van der Waals surface area contributed by atoms with Gasteiger partial charge in [0.25, 0.3) is 10.0 Å². The summed E-state index contributed by atoms with van der Waals surface area (Å²) < 4.78 is 48.9. The lowest BCUT2D eigenvalue weighted by molar-refractivity contribution is 0.414. The number of pyridine rings is 1. The van der Waals surface area contributed by atoms with E-state index in [1.54, 1.807) is 41.8 Å². The zero-order valence-corrected chi connectivity index (χ0v) is 17.9. The summed E-state index contributed by atoms with van der Waals surface area (Å²) >= 11 is 0. The molecule has 0 aliphatic carbocycles. The maximum absolute atomic E-state index is 13.7. The summed E-state index contributed by atoms with van der Waals surface area (Å²) in [7, 11) is -2.41. The molecular weight excluding hydrogens is 419 g/mol. The summed E-state index contributed by atoms with van der Waals surface area (Å²) in [6, 6.07) is 15.6. The van der Waals surface area contributed by atoms with Crippen LogP contribution in [-0.4, -0.2) is 30.1 Å². The quantitative estimate of drug-likeness (QED) is 0.437. The lowest BCUT2D eigenvalue weighted by Gasteiger charge is -2.25. The molecule has 0 bridgehead atoms. The van der Waals surface area contributed by atoms with Crippen LogP contribution in [0.5, 0.6) is 5.75 Å². The molecule has 0 fully saturated rings. The van der Waals surface area contributed by atoms with Gasteiger partial charge < -0.3 is 4.74 Å². The van der Waals surface area contributed by atoms with Crippen molar-refractivity contribution in [1.82, 2.24) is 14.6 Å². The largest absolute Gasteiger partial charge is 0.497 e. The number of fused-ring (bicyclic) bond motifs is 1. The fourth-order valence-electron chi connectivity index (χ4n) is 3.26. The highest BCUT2D eigenvalue weighted by molar-refractivity contribution is 7.92. The summed E-state index contributed by atoms with van der Waals surface area (Å²) in [5.41, 5.74) is 1.68. The van der Waals surface area contributed by atoms with Gasteiger partial charge >= 0.3 is 0 Å². The topological polar surface area (TPSA) is 76.8 Å². The first-order valence-corrected chi connectivity index (χ1v) is 11.1. The smallest absolute Gasteiger partial charge is 0.266 e. The summed E-state index contributed by atoms with van der Waals surface area (Å²) in [5, 5.41) is 8.15. The highest BCUT2D eigenvalue weighted by Crippen LogP contribution is 2.27. The van der Waals surface area contributed by atoms with Crippen LogP contribution in [0, 0.1) is 5.82 Å². The SMILES string of the molecule is CCc1nnc2ccc(S(=O)(=O)N(Cc3ccc(OC)cc3)c3ccc(F)cc3)cn12. The molecule has 2 aromatic carbocycles. The van der Waals surface area contributed by atoms with E-state index < -0.39 is 15.8 Å². The molecule has 7 nitrogen and oxygen atoms in total. The van der Waals surface area contributed by atoms with E-state index in [-0.39, 0.29) is 11.4 Å². The summed E-state index contributed by atoms with van der Waals surface area (Å²) in [6.45, 7) is 1.99. The second-order valence-corrected chi connectivity index (χ2v) is 8.76. The van der Waals surface area contributed by atoms with Crippen LogP contribution >= 0.6 is 0 Å². The molecule has 0 aliphatic heterocycles. The number of methoxy groups -OCH3 is 1. The number of benzene rings is 2. The van der Waals surface area contributed by atoms with Gasteiger partial charge in [0.05, 0.1) is 19.3 Å². The fraction of sp³-hybridized carbons (Fsp3) is 0.182. The zero-order valence-electron chi connectivity index (χ0n) is 17.1. The number of aryl methyl sites for hydroxylation is 1. The Morgan fingerprint density at radius 1 is 1.00 bits per heavy atom. The molecule has 4 aromatic rings. The van der Waals surface area contributed by atoms with Gasteiger partial charge in [0, 0.05) is 12.6 Å². The number of hydrogen-bond acceptors (Lipinski definition) is 5. The van der Waals surface area contributed by atoms with Crippen molar-refractivity contribution in [3.8, 4) is 5.75 Å². The third-order valence-corrected chi connectivity index (χ3v) is 6.71. The predicted octanol–water partition coefficient (Wildman–Crippen LogP) is 3.83. The Balaban J connectivity index is 1.79. The Labute approximate surface area is 179 Å². The van der Waals surface area contributed by atoms with Crippen molar-refractivity contribution in [2.45, 2.75) is 24.8 Å². The molecule has 0 saturated carbocycles. The molecule has 0 amide bonds. The van der Waals surface area contributed by atoms with E-state index in [4.69, 9.17) is 4.74 Å². The first kappa shape index (κ1) is 20.8. The van der Waals surface area contributed by atoms with E-state index in [0.717, 1.165) is 5.56 Å². The van der Waals surface area contributed by atoms with Crippen molar-refractivity contribution in [1.29, 1.82) is 0 Å². The first-order chi connectivity index (χ1) is 14.9. The van der Waals surface area contributed by atoms with Crippen LogP contribution < -0.4 is 9.04 Å². The van der Waals surface area contributed by atoms with E-state index in [9.17, 15) is 12.8 Å². The Kier molecular flexibility index (Phi) is 5.60. The van der Waals surface area contributed by atoms with Gasteiger partial charge in [-0.05, 0) is 54.1 Å². The Morgan fingerprint density at radius 3 is 2.35 bits per heavy atom. The van der Waals surface area contributed by atoms with Crippen LogP contribution in [0.3, 0.4) is 0 Å². The number of ether oxygens (including phenoxy) is 1. The van der Waals surface area contributed by atoms with Crippen LogP contribution in [0.4, 0.5) is 10.1 Å². The molecule has 0 saturated heterocycles. The molecule has 9 heteroatoms. The van der Waals surface area contributed by atoms with Crippen molar-refractivity contribution < 1.29 is 17.5 Å². The lowest BCUT2D eigenvalue weighted by atomic mass is 10.2. The molecule has 0 unspecified atom stereocenters. The van der Waals surface area contributed by atoms with Gasteiger partial charge in [-0.25, -0.2) is 12.8 Å². The van der Waals surface area contributed by atoms with Gasteiger partial charge in [0.1, 0.15) is 22.3 Å². The van der Waals surface area contributed by atoms with Crippen molar-refractivity contribution in [3.63, 3.8) is 0 Å². The first-order valence-electron chi connectivity index (χ1n) is 9.67. The Bertz CT molecular complexity index is 1300. The third-order valence-electron chi connectivity index (χ3n) is 4.95. The molecule has 2 heterocycles. The minimum Gasteiger partial charge on any atom is -0.497 e. The van der Waals surface area contributed by atoms with Gasteiger partial charge in [-0.2, -0.15) is 0 Å². The van der Waals surface area contributed by atoms with E-state index in [0.29, 0.717) is 29.3 Å². The standard InChI is InChI=1S/C22H21FN4O3S/c1-3-21-24-25-22-13-12-20(15-26(21)22)31(28,29)27(18-8-6-17(23)7-9-18)14-16-4-10-19(30-2)11-5-16/h4-13,15H,3,14H2,1-2H3. The molecule has 2 aromatic heterocycles. The van der Waals surface area contributed by atoms with Crippen molar-refractivity contribution in [2.75, 3.05) is 11.4 Å². The maximum atomic E-state index is 13.7. The Hall–Kier alpha value is -3.46. The number of rotatable bonds is 7. The molecule has 0 spiro atoms. The molecule has 0 atom stereocenters. The number of sulfonamides is 1. The zero-order chi connectivity index (χ0) is 22.0. The molecular formula is C22H21FN4O3S. The average molecular weight is 441 g/mol. The van der Waals surface area contributed by atoms with Crippen molar-refractivity contribution >= 4 is 21.4 Å². The molecule has 31 heavy (non-hydrogen) atoms. The minimum atomic E-state index is -3.97. The number of nitrogens with zero attached hydrogens (tertiary/aromatic N) is 4. The molecule has 4 rings (SSSR count). The van der Waals surface area contributed by atoms with E-state index in [2.05, 4.69) is 10.2 Å². The maximum Gasteiger partial charge on any atom is 0.266 e. The minimum absolute atomic E-state index is 0.0683. The van der Waals surface area contributed by atoms with E-state index in [1.165, 1.54) is 40.8 Å². The fourth-order valence-corrected chi connectivity index (χ4v) is 4.71. The van der Waals surface area contributed by atoms with Crippen molar-refractivity contribution in [2.24, 2.45) is 0 Å². The third kappa shape index (κ3) is 4.09. The lowest BCUT2D eigenvalue weighted by Crippen LogP contribution is -2.30. The predicted molar refractivity (Wildman–Crippen MR) is 115 cm³/mol. The van der Waals surface area contributed by atoms with Crippen LogP contribution in [-0.2, 0) is 23.0 Å². The molecule has 0 aliphatic rings. The van der Waals surface area contributed by atoms with Gasteiger partial charge in [-0.15, -0.1) is 10.2 Å². The van der Waals surface area contributed by atoms with Crippen LogP contribution in [0.15, 0.2) is 71.8 Å². The average Bonchev–Trinajstić information content (AvgIpc) is 3.21. The van der Waals surface area contributed by atoms with Gasteiger partial charge in [0.2, 0.25) is 0 Å². The van der Waals surface area contributed by atoms with Gasteiger partial charge in [0.15, 0.2) is 5.65 Å². The van der Waals surface area contributed by atoms with Crippen LogP contribution in [0.25, 0.3) is 5.65 Å². The second-order valence-electron chi connectivity index (χ2n) is 6.90. The van der Waals surface area contributed by atoms with Crippen molar-refractivity contribution in [3.05, 3.63) is 84.1 Å². The number of aromatic nitrogens is 3.